The van der Waals surface area contributed by atoms with Crippen LogP contribution in [0.25, 0.3) is 52.6 Å². The largest absolute Gasteiger partial charge is 0.311 e. The molecule has 4 heteroatoms. The summed E-state index contributed by atoms with van der Waals surface area (Å²) in [5, 5.41) is 7.66. The van der Waals surface area contributed by atoms with Gasteiger partial charge in [-0.05, 0) is 77.8 Å². The van der Waals surface area contributed by atoms with Gasteiger partial charge in [-0.25, -0.2) is 0 Å². The van der Waals surface area contributed by atoms with Gasteiger partial charge in [0, 0.05) is 43.5 Å². The van der Waals surface area contributed by atoms with Crippen molar-refractivity contribution in [3.05, 3.63) is 144 Å². The number of rotatable bonds is 3. The Hall–Kier alpha value is -4.64. The predicted molar refractivity (Wildman–Crippen MR) is 191 cm³/mol. The van der Waals surface area contributed by atoms with E-state index in [1.165, 1.54) is 80.8 Å². The Kier molecular flexibility index (Phi) is 5.31. The molecule has 3 aromatic heterocycles. The highest BCUT2D eigenvalue weighted by atomic mass is 32.1. The summed E-state index contributed by atoms with van der Waals surface area (Å²) in [6.07, 6.45) is 17.0. The number of hydrogen-bond donors (Lipinski definition) is 0. The second-order valence-corrected chi connectivity index (χ2v) is 13.9. The maximum Gasteiger partial charge on any atom is 0.108 e. The van der Waals surface area contributed by atoms with Crippen molar-refractivity contribution < 1.29 is 0 Å². The van der Waals surface area contributed by atoms with Gasteiger partial charge in [-0.1, -0.05) is 85.0 Å². The van der Waals surface area contributed by atoms with Crippen molar-refractivity contribution in [2.24, 2.45) is 0 Å². The van der Waals surface area contributed by atoms with Crippen LogP contribution in [0.3, 0.4) is 0 Å². The van der Waals surface area contributed by atoms with Crippen molar-refractivity contribution in [1.29, 1.82) is 0 Å². The SMILES string of the molecule is C1=CCCC(c2cccc3c2sc2c(N4C5=CC=CC[C@@H]5c5ccc6c(c54)c4ccsc4n6-c4ccccc4)cccc23)=C1. The molecular weight excluding hydrogens is 573 g/mol. The topological polar surface area (TPSA) is 8.17 Å². The summed E-state index contributed by atoms with van der Waals surface area (Å²) in [5.41, 5.74) is 10.8. The lowest BCUT2D eigenvalue weighted by molar-refractivity contribution is 0.820. The molecule has 4 aromatic carbocycles. The van der Waals surface area contributed by atoms with Crippen LogP contribution in [0.15, 0.2) is 132 Å². The highest BCUT2D eigenvalue weighted by Gasteiger charge is 2.38. The second kappa shape index (κ2) is 9.43. The van der Waals surface area contributed by atoms with E-state index < -0.39 is 0 Å². The van der Waals surface area contributed by atoms with Gasteiger partial charge in [0.05, 0.1) is 21.6 Å². The van der Waals surface area contributed by atoms with E-state index in [2.05, 4.69) is 136 Å². The molecule has 1 atom stereocenters. The number of fused-ring (bicyclic) bond motifs is 10. The summed E-state index contributed by atoms with van der Waals surface area (Å²) in [4.78, 5) is 3.93. The molecule has 0 fully saturated rings. The molecule has 0 amide bonds. The Bertz CT molecular complexity index is 2430. The first-order valence-electron chi connectivity index (χ1n) is 15.4. The molecular formula is C40H28N2S2. The first kappa shape index (κ1) is 24.8. The number of hydrogen-bond acceptors (Lipinski definition) is 3. The number of allylic oxidation sites excluding steroid dienone is 8. The molecule has 10 rings (SSSR count). The van der Waals surface area contributed by atoms with Crippen molar-refractivity contribution in [2.45, 2.75) is 25.2 Å². The molecule has 0 saturated carbocycles. The fourth-order valence-electron chi connectivity index (χ4n) is 7.76. The fourth-order valence-corrected chi connectivity index (χ4v) is 10.1. The molecule has 0 unspecified atom stereocenters. The van der Waals surface area contributed by atoms with Gasteiger partial charge < -0.3 is 9.47 Å². The summed E-state index contributed by atoms with van der Waals surface area (Å²) in [6.45, 7) is 0. The summed E-state index contributed by atoms with van der Waals surface area (Å²) in [6, 6.07) is 31.8. The average Bonchev–Trinajstić information content (AvgIpc) is 3.85. The number of benzene rings is 4. The highest BCUT2D eigenvalue weighted by molar-refractivity contribution is 7.26. The van der Waals surface area contributed by atoms with E-state index in [1.54, 1.807) is 0 Å². The van der Waals surface area contributed by atoms with Gasteiger partial charge in [-0.3, -0.25) is 0 Å². The predicted octanol–water partition coefficient (Wildman–Crippen LogP) is 12.0. The Morgan fingerprint density at radius 2 is 1.59 bits per heavy atom. The number of para-hydroxylation sites is 1. The first-order chi connectivity index (χ1) is 21.9. The third-order valence-electron chi connectivity index (χ3n) is 9.65. The van der Waals surface area contributed by atoms with Crippen LogP contribution < -0.4 is 4.90 Å². The van der Waals surface area contributed by atoms with Crippen LogP contribution in [-0.2, 0) is 0 Å². The van der Waals surface area contributed by atoms with Gasteiger partial charge >= 0.3 is 0 Å². The van der Waals surface area contributed by atoms with E-state index in [4.69, 9.17) is 0 Å². The number of anilines is 2. The van der Waals surface area contributed by atoms with Crippen LogP contribution >= 0.6 is 22.7 Å². The number of aromatic nitrogens is 1. The zero-order valence-electron chi connectivity index (χ0n) is 24.0. The average molecular weight is 601 g/mol. The molecule has 0 radical (unpaired) electrons. The van der Waals surface area contributed by atoms with E-state index in [0.717, 1.165) is 19.3 Å². The Morgan fingerprint density at radius 1 is 0.727 bits per heavy atom. The molecule has 7 aromatic rings. The smallest absolute Gasteiger partial charge is 0.108 e. The van der Waals surface area contributed by atoms with Crippen molar-refractivity contribution in [3.63, 3.8) is 0 Å². The number of thiophene rings is 2. The normalized spacial score (nSPS) is 17.5. The van der Waals surface area contributed by atoms with Crippen molar-refractivity contribution in [1.82, 2.24) is 4.57 Å². The van der Waals surface area contributed by atoms with Crippen LogP contribution in [0, 0.1) is 0 Å². The zero-order chi connectivity index (χ0) is 28.8. The minimum Gasteiger partial charge on any atom is -0.311 e. The Labute approximate surface area is 263 Å². The standard InChI is InChI=1S/C40H28N2S2/c1-3-11-25(12-4-1)27-16-9-17-30-31-18-10-20-35(39(31)44-38(27)30)42-33-19-8-7-15-28(33)29-21-22-34-36(37(29)42)32-23-24-43-40(32)41(34)26-13-5-2-6-14-26/h1-3,5-11,13-14,16-24,28H,4,12,15H2/t28-/m1/s1. The minimum atomic E-state index is 0.354. The van der Waals surface area contributed by atoms with Gasteiger partial charge in [-0.2, -0.15) is 0 Å². The summed E-state index contributed by atoms with van der Waals surface area (Å²) < 4.78 is 5.23. The second-order valence-electron chi connectivity index (χ2n) is 11.9. The lowest BCUT2D eigenvalue weighted by atomic mass is 9.91. The quantitative estimate of drug-likeness (QED) is 0.196. The molecule has 0 saturated heterocycles. The fraction of sp³-hybridized carbons (Fsp3) is 0.100. The lowest BCUT2D eigenvalue weighted by Crippen LogP contribution is -2.14. The summed E-state index contributed by atoms with van der Waals surface area (Å²) in [5.74, 6) is 0.354. The van der Waals surface area contributed by atoms with Gasteiger partial charge in [0.15, 0.2) is 0 Å². The van der Waals surface area contributed by atoms with Crippen LogP contribution in [0.1, 0.15) is 36.3 Å². The molecule has 0 spiro atoms. The molecule has 2 nitrogen and oxygen atoms in total. The van der Waals surface area contributed by atoms with Crippen molar-refractivity contribution in [3.8, 4) is 5.69 Å². The van der Waals surface area contributed by atoms with Gasteiger partial charge in [0.1, 0.15) is 4.83 Å². The van der Waals surface area contributed by atoms with Crippen LogP contribution in [0.2, 0.25) is 0 Å². The summed E-state index contributed by atoms with van der Waals surface area (Å²) >= 11 is 3.80. The lowest BCUT2D eigenvalue weighted by Gasteiger charge is -2.25. The third kappa shape index (κ3) is 3.35. The Morgan fingerprint density at radius 3 is 2.48 bits per heavy atom. The molecule has 0 bridgehead atoms. The maximum atomic E-state index is 2.62. The highest BCUT2D eigenvalue weighted by Crippen LogP contribution is 2.57. The van der Waals surface area contributed by atoms with Gasteiger partial charge in [-0.15, -0.1) is 22.7 Å². The van der Waals surface area contributed by atoms with E-state index in [-0.39, 0.29) is 0 Å². The monoisotopic (exact) mass is 600 g/mol. The van der Waals surface area contributed by atoms with E-state index in [0.29, 0.717) is 5.92 Å². The van der Waals surface area contributed by atoms with Crippen LogP contribution in [0.4, 0.5) is 11.4 Å². The summed E-state index contributed by atoms with van der Waals surface area (Å²) in [7, 11) is 0. The minimum absolute atomic E-state index is 0.354. The molecule has 44 heavy (non-hydrogen) atoms. The molecule has 1 aliphatic heterocycles. The zero-order valence-corrected chi connectivity index (χ0v) is 25.7. The third-order valence-corrected chi connectivity index (χ3v) is 11.8. The van der Waals surface area contributed by atoms with E-state index in [9.17, 15) is 0 Å². The molecule has 3 aliphatic rings. The van der Waals surface area contributed by atoms with Crippen molar-refractivity contribution in [2.75, 3.05) is 4.90 Å². The van der Waals surface area contributed by atoms with Gasteiger partial charge in [0.25, 0.3) is 0 Å². The molecule has 2 aliphatic carbocycles. The van der Waals surface area contributed by atoms with Crippen molar-refractivity contribution >= 4 is 80.9 Å². The molecule has 210 valence electrons. The molecule has 0 N–H and O–H groups in total. The van der Waals surface area contributed by atoms with E-state index in [1.807, 2.05) is 22.7 Å². The molecule has 4 heterocycles. The van der Waals surface area contributed by atoms with Gasteiger partial charge in [0.2, 0.25) is 0 Å². The first-order valence-corrected chi connectivity index (χ1v) is 17.1. The number of nitrogens with zero attached hydrogens (tertiary/aromatic N) is 2. The van der Waals surface area contributed by atoms with E-state index >= 15 is 0 Å². The Balaban J connectivity index is 1.28. The van der Waals surface area contributed by atoms with Crippen LogP contribution in [-0.4, -0.2) is 4.57 Å². The maximum absolute atomic E-state index is 2.62. The van der Waals surface area contributed by atoms with Crippen LogP contribution in [0.5, 0.6) is 0 Å².